The van der Waals surface area contributed by atoms with E-state index in [4.69, 9.17) is 9.51 Å². The van der Waals surface area contributed by atoms with Gasteiger partial charge in [0.25, 0.3) is 5.91 Å². The molecule has 0 aliphatic carbocycles. The second-order valence-electron chi connectivity index (χ2n) is 8.42. The summed E-state index contributed by atoms with van der Waals surface area (Å²) in [4.78, 5) is 23.5. The molecule has 0 spiro atoms. The Bertz CT molecular complexity index is 992. The van der Waals surface area contributed by atoms with Crippen molar-refractivity contribution in [2.75, 3.05) is 18.4 Å². The Labute approximate surface area is 163 Å². The molecule has 1 amide bonds. The van der Waals surface area contributed by atoms with Crippen LogP contribution in [0, 0.1) is 6.92 Å². The summed E-state index contributed by atoms with van der Waals surface area (Å²) in [5, 5.41) is 7.42. The van der Waals surface area contributed by atoms with Gasteiger partial charge in [-0.1, -0.05) is 5.16 Å². The van der Waals surface area contributed by atoms with Crippen molar-refractivity contribution in [2.45, 2.75) is 52.0 Å². The third-order valence-electron chi connectivity index (χ3n) is 4.96. The van der Waals surface area contributed by atoms with E-state index in [9.17, 15) is 4.79 Å². The third-order valence-corrected chi connectivity index (χ3v) is 4.96. The van der Waals surface area contributed by atoms with Crippen molar-refractivity contribution in [3.63, 3.8) is 0 Å². The van der Waals surface area contributed by atoms with E-state index < -0.39 is 0 Å². The fourth-order valence-corrected chi connectivity index (χ4v) is 3.67. The van der Waals surface area contributed by atoms with Crippen LogP contribution in [0.5, 0.6) is 0 Å². The van der Waals surface area contributed by atoms with Gasteiger partial charge in [0, 0.05) is 43.0 Å². The molecule has 0 unspecified atom stereocenters. The highest BCUT2D eigenvalue weighted by Gasteiger charge is 2.30. The molecular formula is C20H26N6O2. The number of carbonyl (C=O) groups is 1. The van der Waals surface area contributed by atoms with Gasteiger partial charge in [-0.3, -0.25) is 14.2 Å². The minimum atomic E-state index is -0.0914. The van der Waals surface area contributed by atoms with Gasteiger partial charge in [-0.05, 0) is 40.5 Å². The van der Waals surface area contributed by atoms with Crippen LogP contribution in [0.3, 0.4) is 0 Å². The maximum atomic E-state index is 12.6. The van der Waals surface area contributed by atoms with E-state index in [1.165, 1.54) is 0 Å². The standard InChI is InChI=1S/C20H26N6O2/c1-13-11-15(28-24-13)19(27)25-8-5-14(6-9-25)17-18(23-20(2,3)4)26-10-7-21-12-16(26)22-17/h7,10-12,14,23H,5-6,8-9H2,1-4H3. The summed E-state index contributed by atoms with van der Waals surface area (Å²) in [5.74, 6) is 1.52. The number of imidazole rings is 1. The molecule has 1 fully saturated rings. The van der Waals surface area contributed by atoms with Gasteiger partial charge >= 0.3 is 0 Å². The number of fused-ring (bicyclic) bond motifs is 1. The molecule has 0 radical (unpaired) electrons. The Balaban J connectivity index is 1.55. The zero-order valence-corrected chi connectivity index (χ0v) is 16.8. The Kier molecular flexibility index (Phi) is 4.56. The summed E-state index contributed by atoms with van der Waals surface area (Å²) >= 11 is 0. The number of nitrogens with zero attached hydrogens (tertiary/aromatic N) is 5. The molecule has 1 N–H and O–H groups in total. The molecule has 148 valence electrons. The van der Waals surface area contributed by atoms with Crippen LogP contribution in [-0.4, -0.2) is 49.0 Å². The molecule has 8 nitrogen and oxygen atoms in total. The molecule has 1 aliphatic rings. The number of aromatic nitrogens is 4. The summed E-state index contributed by atoms with van der Waals surface area (Å²) in [6.07, 6.45) is 7.20. The van der Waals surface area contributed by atoms with Crippen molar-refractivity contribution in [1.82, 2.24) is 24.4 Å². The van der Waals surface area contributed by atoms with Crippen LogP contribution in [0.25, 0.3) is 5.65 Å². The molecular weight excluding hydrogens is 356 g/mol. The van der Waals surface area contributed by atoms with Crippen LogP contribution in [0.4, 0.5) is 5.82 Å². The minimum absolute atomic E-state index is 0.0885. The number of amides is 1. The summed E-state index contributed by atoms with van der Waals surface area (Å²) in [5.41, 5.74) is 2.51. The molecule has 28 heavy (non-hydrogen) atoms. The maximum Gasteiger partial charge on any atom is 0.292 e. The van der Waals surface area contributed by atoms with Gasteiger partial charge < -0.3 is 14.7 Å². The predicted molar refractivity (Wildman–Crippen MR) is 105 cm³/mol. The van der Waals surface area contributed by atoms with E-state index in [-0.39, 0.29) is 17.4 Å². The largest absolute Gasteiger partial charge is 0.365 e. The Morgan fingerprint density at radius 1 is 1.29 bits per heavy atom. The average molecular weight is 382 g/mol. The molecule has 3 aromatic heterocycles. The highest BCUT2D eigenvalue weighted by Crippen LogP contribution is 2.34. The fourth-order valence-electron chi connectivity index (χ4n) is 3.67. The van der Waals surface area contributed by atoms with Gasteiger partial charge in [0.05, 0.1) is 17.6 Å². The maximum absolute atomic E-state index is 12.6. The lowest BCUT2D eigenvalue weighted by Crippen LogP contribution is -2.38. The number of hydrogen-bond donors (Lipinski definition) is 1. The van der Waals surface area contributed by atoms with Crippen molar-refractivity contribution >= 4 is 17.4 Å². The summed E-state index contributed by atoms with van der Waals surface area (Å²) in [7, 11) is 0. The minimum Gasteiger partial charge on any atom is -0.365 e. The van der Waals surface area contributed by atoms with Gasteiger partial charge in [-0.15, -0.1) is 0 Å². The van der Waals surface area contributed by atoms with Gasteiger partial charge in [-0.25, -0.2) is 4.98 Å². The van der Waals surface area contributed by atoms with Gasteiger partial charge in [0.15, 0.2) is 5.65 Å². The first-order chi connectivity index (χ1) is 13.3. The number of hydrogen-bond acceptors (Lipinski definition) is 6. The smallest absolute Gasteiger partial charge is 0.292 e. The molecule has 1 saturated heterocycles. The SMILES string of the molecule is Cc1cc(C(=O)N2CCC(c3nc4cnccn4c3NC(C)(C)C)CC2)on1. The number of piperidine rings is 1. The molecule has 0 atom stereocenters. The molecule has 0 bridgehead atoms. The zero-order chi connectivity index (χ0) is 19.9. The van der Waals surface area contributed by atoms with Crippen LogP contribution in [0.15, 0.2) is 29.2 Å². The first-order valence-electron chi connectivity index (χ1n) is 9.64. The first-order valence-corrected chi connectivity index (χ1v) is 9.64. The monoisotopic (exact) mass is 382 g/mol. The lowest BCUT2D eigenvalue weighted by molar-refractivity contribution is 0.0670. The summed E-state index contributed by atoms with van der Waals surface area (Å²) in [6, 6.07) is 1.69. The van der Waals surface area contributed by atoms with E-state index >= 15 is 0 Å². The number of nitrogens with one attached hydrogen (secondary N) is 1. The second-order valence-corrected chi connectivity index (χ2v) is 8.42. The number of anilines is 1. The highest BCUT2D eigenvalue weighted by atomic mass is 16.5. The summed E-state index contributed by atoms with van der Waals surface area (Å²) in [6.45, 7) is 9.57. The number of rotatable bonds is 3. The first kappa shape index (κ1) is 18.5. The van der Waals surface area contributed by atoms with Crippen LogP contribution in [-0.2, 0) is 0 Å². The second kappa shape index (κ2) is 6.92. The van der Waals surface area contributed by atoms with Crippen molar-refractivity contribution in [2.24, 2.45) is 0 Å². The van der Waals surface area contributed by atoms with E-state index in [0.29, 0.717) is 18.8 Å². The van der Waals surface area contributed by atoms with Crippen molar-refractivity contribution in [3.8, 4) is 0 Å². The molecule has 4 rings (SSSR count). The molecule has 4 heterocycles. The van der Waals surface area contributed by atoms with E-state index in [1.807, 2.05) is 18.0 Å². The molecule has 3 aromatic rings. The lowest BCUT2D eigenvalue weighted by atomic mass is 9.92. The van der Waals surface area contributed by atoms with Gasteiger partial charge in [-0.2, -0.15) is 0 Å². The van der Waals surface area contributed by atoms with Gasteiger partial charge in [0.2, 0.25) is 5.76 Å². The number of likely N-dealkylation sites (tertiary alicyclic amines) is 1. The van der Waals surface area contributed by atoms with Crippen molar-refractivity contribution in [1.29, 1.82) is 0 Å². The van der Waals surface area contributed by atoms with Crippen LogP contribution in [0.1, 0.15) is 61.5 Å². The quantitative estimate of drug-likeness (QED) is 0.748. The summed E-state index contributed by atoms with van der Waals surface area (Å²) < 4.78 is 7.19. The topological polar surface area (TPSA) is 88.6 Å². The third kappa shape index (κ3) is 3.58. The fraction of sp³-hybridized carbons (Fsp3) is 0.500. The highest BCUT2D eigenvalue weighted by molar-refractivity contribution is 5.91. The van der Waals surface area contributed by atoms with Crippen LogP contribution < -0.4 is 5.32 Å². The van der Waals surface area contributed by atoms with Crippen molar-refractivity contribution in [3.05, 3.63) is 41.8 Å². The van der Waals surface area contributed by atoms with Crippen LogP contribution in [0.2, 0.25) is 0 Å². The normalized spacial score (nSPS) is 15.9. The predicted octanol–water partition coefficient (Wildman–Crippen LogP) is 3.26. The molecule has 8 heteroatoms. The Hall–Kier alpha value is -2.90. The molecule has 1 aliphatic heterocycles. The number of aryl methyl sites for hydroxylation is 1. The molecule has 0 aromatic carbocycles. The Morgan fingerprint density at radius 3 is 2.68 bits per heavy atom. The molecule has 0 saturated carbocycles. The average Bonchev–Trinajstić information content (AvgIpc) is 3.24. The van der Waals surface area contributed by atoms with Crippen LogP contribution >= 0.6 is 0 Å². The van der Waals surface area contributed by atoms with E-state index in [2.05, 4.69) is 40.6 Å². The Morgan fingerprint density at radius 2 is 2.04 bits per heavy atom. The zero-order valence-electron chi connectivity index (χ0n) is 16.8. The van der Waals surface area contributed by atoms with E-state index in [0.717, 1.165) is 35.7 Å². The van der Waals surface area contributed by atoms with Crippen molar-refractivity contribution < 1.29 is 9.32 Å². The lowest BCUT2D eigenvalue weighted by Gasteiger charge is -2.32. The number of carbonyl (C=O) groups excluding carboxylic acids is 1. The van der Waals surface area contributed by atoms with Gasteiger partial charge in [0.1, 0.15) is 5.82 Å². The van der Waals surface area contributed by atoms with E-state index in [1.54, 1.807) is 18.5 Å².